The molecule has 312 valence electrons. The van der Waals surface area contributed by atoms with E-state index in [0.29, 0.717) is 25.6 Å². The Morgan fingerprint density at radius 2 is 1.76 bits per heavy atom. The normalized spacial score (nSPS) is 21.6. The summed E-state index contributed by atoms with van der Waals surface area (Å²) in [4.78, 5) is 60.6. The molecule has 14 nitrogen and oxygen atoms in total. The molecule has 7 atom stereocenters. The van der Waals surface area contributed by atoms with Gasteiger partial charge < -0.3 is 44.0 Å². The molecule has 14 heteroatoms. The van der Waals surface area contributed by atoms with Crippen molar-refractivity contribution in [2.24, 2.45) is 17.8 Å². The van der Waals surface area contributed by atoms with E-state index in [2.05, 4.69) is 65.5 Å². The summed E-state index contributed by atoms with van der Waals surface area (Å²) in [6, 6.07) is 13.3. The van der Waals surface area contributed by atoms with Crippen LogP contribution in [0.5, 0.6) is 5.75 Å². The summed E-state index contributed by atoms with van der Waals surface area (Å²) in [6.07, 6.45) is 2.91. The van der Waals surface area contributed by atoms with Crippen molar-refractivity contribution in [2.45, 2.75) is 90.8 Å². The van der Waals surface area contributed by atoms with E-state index >= 15 is 0 Å². The van der Waals surface area contributed by atoms with Gasteiger partial charge in [-0.15, -0.1) is 0 Å². The second-order valence-electron chi connectivity index (χ2n) is 16.8. The zero-order valence-corrected chi connectivity index (χ0v) is 35.1. The van der Waals surface area contributed by atoms with Gasteiger partial charge in [0.05, 0.1) is 54.8 Å². The molecule has 5 heterocycles. The first-order valence-corrected chi connectivity index (χ1v) is 20.7. The molecule has 0 saturated carbocycles. The quantitative estimate of drug-likeness (QED) is 0.124. The minimum atomic E-state index is -0.923. The van der Waals surface area contributed by atoms with Crippen molar-refractivity contribution in [1.82, 2.24) is 35.1 Å². The Bertz CT molecular complexity index is 2390. The van der Waals surface area contributed by atoms with Crippen LogP contribution in [0.4, 0.5) is 4.79 Å². The number of H-pyrrole nitrogens is 2. The third-order valence-corrected chi connectivity index (χ3v) is 12.9. The van der Waals surface area contributed by atoms with Crippen LogP contribution in [-0.2, 0) is 30.4 Å². The van der Waals surface area contributed by atoms with E-state index in [1.807, 2.05) is 35.9 Å². The van der Waals surface area contributed by atoms with Gasteiger partial charge in [-0.05, 0) is 85.4 Å². The lowest BCUT2D eigenvalue weighted by Crippen LogP contribution is -2.55. The SMILES string of the molecule is COC[C@H]1C[C@@H](c2ncc(-c3ccc4c(c3)COc3cc5c(ccc6nc([C@@H]7CC[C@H](C)N7C(=O)[C@@H](NC(=O)OC)[C@@H](C)OC)[nH]c65)cc3-4)[nH]2)N(C(=O)[C@@H](C)C(C)C)C1. The van der Waals surface area contributed by atoms with Gasteiger partial charge in [0.25, 0.3) is 0 Å². The highest BCUT2D eigenvalue weighted by molar-refractivity contribution is 6.07. The number of hydrogen-bond donors (Lipinski definition) is 3. The summed E-state index contributed by atoms with van der Waals surface area (Å²) in [6.45, 7) is 11.6. The second-order valence-corrected chi connectivity index (χ2v) is 16.8. The number of likely N-dealkylation sites (tertiary alicyclic amines) is 2. The third-order valence-electron chi connectivity index (χ3n) is 12.9. The number of benzene rings is 3. The molecule has 3 aliphatic rings. The van der Waals surface area contributed by atoms with E-state index in [1.165, 1.54) is 14.2 Å². The van der Waals surface area contributed by atoms with Crippen LogP contribution in [-0.4, -0.2) is 100 Å². The number of hydrogen-bond acceptors (Lipinski definition) is 9. The van der Waals surface area contributed by atoms with Crippen LogP contribution in [0.2, 0.25) is 0 Å². The predicted molar refractivity (Wildman–Crippen MR) is 223 cm³/mol. The molecule has 0 spiro atoms. The standard InChI is InChI=1S/C45H55N7O7/c1-23(2)25(4)43(53)51-20-27(21-56-6)15-37(51)41-46-19-35(48-41)29-10-12-31-30(16-29)22-59-38-18-32-28(17-33(31)38)11-13-34-40(32)49-42(47-34)36-14-9-24(3)52(36)44(54)39(26(5)57-7)50-45(55)58-8/h10-13,16-19,23-27,36-37,39H,9,14-15,20-22H2,1-8H3,(H,46,48)(H,47,49)(H,50,55)/t24-,25-,26+,27-,36-,37-,39-/m0/s1. The number of fused-ring (bicyclic) bond motifs is 6. The molecule has 3 aromatic carbocycles. The fourth-order valence-electron chi connectivity index (χ4n) is 9.11. The molecule has 2 aromatic heterocycles. The van der Waals surface area contributed by atoms with Gasteiger partial charge in [-0.25, -0.2) is 14.8 Å². The maximum Gasteiger partial charge on any atom is 0.407 e. The molecule has 8 rings (SSSR count). The fraction of sp³-hybridized carbons (Fsp3) is 0.489. The van der Waals surface area contributed by atoms with Gasteiger partial charge in [0, 0.05) is 49.6 Å². The fourth-order valence-corrected chi connectivity index (χ4v) is 9.11. The lowest BCUT2D eigenvalue weighted by molar-refractivity contribution is -0.139. The first-order valence-electron chi connectivity index (χ1n) is 20.7. The number of alkyl carbamates (subject to hydrolysis) is 1. The van der Waals surface area contributed by atoms with Crippen molar-refractivity contribution in [1.29, 1.82) is 0 Å². The molecule has 0 unspecified atom stereocenters. The molecule has 0 bridgehead atoms. The van der Waals surface area contributed by atoms with Gasteiger partial charge in [-0.3, -0.25) is 9.59 Å². The maximum absolute atomic E-state index is 14.0. The summed E-state index contributed by atoms with van der Waals surface area (Å²) in [7, 11) is 4.49. The van der Waals surface area contributed by atoms with E-state index in [4.69, 9.17) is 28.9 Å². The van der Waals surface area contributed by atoms with Crippen molar-refractivity contribution < 1.29 is 33.3 Å². The second kappa shape index (κ2) is 16.3. The number of nitrogens with one attached hydrogen (secondary N) is 3. The van der Waals surface area contributed by atoms with Gasteiger partial charge in [0.15, 0.2) is 0 Å². The van der Waals surface area contributed by atoms with Crippen LogP contribution in [0.25, 0.3) is 44.2 Å². The highest BCUT2D eigenvalue weighted by Crippen LogP contribution is 2.44. The van der Waals surface area contributed by atoms with Gasteiger partial charge >= 0.3 is 6.09 Å². The molecule has 3 N–H and O–H groups in total. The van der Waals surface area contributed by atoms with Crippen LogP contribution in [0.3, 0.4) is 0 Å². The van der Waals surface area contributed by atoms with Gasteiger partial charge in [-0.1, -0.05) is 39.0 Å². The predicted octanol–water partition coefficient (Wildman–Crippen LogP) is 7.31. The molecule has 2 fully saturated rings. The Hall–Kier alpha value is -5.47. The molecule has 59 heavy (non-hydrogen) atoms. The molecular weight excluding hydrogens is 751 g/mol. The van der Waals surface area contributed by atoms with Crippen molar-refractivity contribution in [3.63, 3.8) is 0 Å². The summed E-state index contributed by atoms with van der Waals surface area (Å²) in [5, 5.41) is 4.68. The van der Waals surface area contributed by atoms with Gasteiger partial charge in [0.2, 0.25) is 11.8 Å². The summed E-state index contributed by atoms with van der Waals surface area (Å²) < 4.78 is 22.2. The zero-order chi connectivity index (χ0) is 41.7. The lowest BCUT2D eigenvalue weighted by Gasteiger charge is -2.33. The minimum Gasteiger partial charge on any atom is -0.488 e. The molecule has 3 aliphatic heterocycles. The van der Waals surface area contributed by atoms with E-state index in [0.717, 1.165) is 80.6 Å². The third kappa shape index (κ3) is 7.41. The van der Waals surface area contributed by atoms with Crippen LogP contribution >= 0.6 is 0 Å². The number of carbonyl (C=O) groups is 3. The average Bonchev–Trinajstić information content (AvgIpc) is 4.06. The summed E-state index contributed by atoms with van der Waals surface area (Å²) >= 11 is 0. The first-order chi connectivity index (χ1) is 28.4. The summed E-state index contributed by atoms with van der Waals surface area (Å²) in [5.74, 6) is 2.61. The Kier molecular flexibility index (Phi) is 11.1. The van der Waals surface area contributed by atoms with Crippen molar-refractivity contribution in [2.75, 3.05) is 34.5 Å². The highest BCUT2D eigenvalue weighted by Gasteiger charge is 2.43. The Morgan fingerprint density at radius 1 is 0.949 bits per heavy atom. The number of methoxy groups -OCH3 is 3. The number of aromatic nitrogens is 4. The van der Waals surface area contributed by atoms with E-state index in [-0.39, 0.29) is 47.7 Å². The monoisotopic (exact) mass is 805 g/mol. The van der Waals surface area contributed by atoms with Crippen LogP contribution in [0, 0.1) is 17.8 Å². The molecular formula is C45H55N7O7. The largest absolute Gasteiger partial charge is 0.488 e. The van der Waals surface area contributed by atoms with E-state index in [1.54, 1.807) is 14.0 Å². The zero-order valence-electron chi connectivity index (χ0n) is 35.1. The molecule has 2 saturated heterocycles. The Balaban J connectivity index is 1.06. The number of aromatic amines is 2. The van der Waals surface area contributed by atoms with E-state index < -0.39 is 18.2 Å². The van der Waals surface area contributed by atoms with Crippen LogP contribution < -0.4 is 10.1 Å². The summed E-state index contributed by atoms with van der Waals surface area (Å²) in [5.41, 5.74) is 6.75. The smallest absolute Gasteiger partial charge is 0.407 e. The minimum absolute atomic E-state index is 0.0690. The molecule has 0 aliphatic carbocycles. The van der Waals surface area contributed by atoms with Gasteiger partial charge in [-0.2, -0.15) is 0 Å². The average molecular weight is 806 g/mol. The molecule has 5 aromatic rings. The van der Waals surface area contributed by atoms with E-state index in [9.17, 15) is 14.4 Å². The van der Waals surface area contributed by atoms with Crippen LogP contribution in [0.15, 0.2) is 48.7 Å². The molecule has 3 amide bonds. The Labute approximate surface area is 344 Å². The first kappa shape index (κ1) is 40.3. The van der Waals surface area contributed by atoms with Crippen molar-refractivity contribution >= 4 is 39.7 Å². The lowest BCUT2D eigenvalue weighted by atomic mass is 9.92. The highest BCUT2D eigenvalue weighted by atomic mass is 16.5. The van der Waals surface area contributed by atoms with Crippen molar-refractivity contribution in [3.05, 3.63) is 65.9 Å². The number of amides is 3. The number of carbonyl (C=O) groups excluding carboxylic acids is 3. The topological polar surface area (TPSA) is 164 Å². The van der Waals surface area contributed by atoms with Crippen molar-refractivity contribution in [3.8, 4) is 28.1 Å². The number of nitrogens with zero attached hydrogens (tertiary/aromatic N) is 4. The molecule has 0 radical (unpaired) electrons. The Morgan fingerprint density at radius 3 is 2.51 bits per heavy atom. The number of rotatable bonds is 11. The number of ether oxygens (including phenoxy) is 4. The maximum atomic E-state index is 14.0. The number of imidazole rings is 2. The van der Waals surface area contributed by atoms with Gasteiger partial charge in [0.1, 0.15) is 30.0 Å². The van der Waals surface area contributed by atoms with Crippen LogP contribution in [0.1, 0.15) is 83.2 Å².